The van der Waals surface area contributed by atoms with Gasteiger partial charge in [-0.25, -0.2) is 0 Å². The molecule has 6 heteroatoms. The van der Waals surface area contributed by atoms with Gasteiger partial charge in [-0.15, -0.1) is 0 Å². The van der Waals surface area contributed by atoms with Crippen LogP contribution in [-0.2, 0) is 30.1 Å². The van der Waals surface area contributed by atoms with Gasteiger partial charge in [0.25, 0.3) is 0 Å². The zero-order valence-corrected chi connectivity index (χ0v) is 22.0. The largest absolute Gasteiger partial charge is 0.461 e. The first kappa shape index (κ1) is 26.6. The van der Waals surface area contributed by atoms with Crippen LogP contribution in [0.3, 0.4) is 0 Å². The Morgan fingerprint density at radius 3 is 2.25 bits per heavy atom. The van der Waals surface area contributed by atoms with Crippen LogP contribution >= 0.6 is 0 Å². The van der Waals surface area contributed by atoms with Crippen LogP contribution in [0.25, 0.3) is 0 Å². The van der Waals surface area contributed by atoms with Crippen LogP contribution in [0.5, 0.6) is 0 Å². The van der Waals surface area contributed by atoms with Crippen molar-refractivity contribution in [2.45, 2.75) is 103 Å². The minimum atomic E-state index is -1.90. The summed E-state index contributed by atoms with van der Waals surface area (Å²) in [6.07, 6.45) is 1.77. The third kappa shape index (κ3) is 6.44. The molecular formula is C26H42O5Si. The van der Waals surface area contributed by atoms with Gasteiger partial charge in [0.1, 0.15) is 12.7 Å². The first-order chi connectivity index (χ1) is 15.0. The van der Waals surface area contributed by atoms with Crippen molar-refractivity contribution in [1.82, 2.24) is 0 Å². The lowest BCUT2D eigenvalue weighted by molar-refractivity contribution is -0.152. The number of carbonyl (C=O) groups excluding carboxylic acids is 2. The first-order valence-electron chi connectivity index (χ1n) is 12.1. The molecule has 1 aromatic rings. The van der Waals surface area contributed by atoms with Gasteiger partial charge in [0.15, 0.2) is 8.32 Å². The molecule has 0 radical (unpaired) electrons. The van der Waals surface area contributed by atoms with Gasteiger partial charge in [-0.2, -0.15) is 0 Å². The van der Waals surface area contributed by atoms with Crippen LogP contribution < -0.4 is 0 Å². The number of cyclic esters (lactones) is 1. The molecule has 1 aromatic carbocycles. The fraction of sp³-hybridized carbons (Fsp3) is 0.692. The molecule has 0 bridgehead atoms. The van der Waals surface area contributed by atoms with Crippen LogP contribution in [0, 0.1) is 5.41 Å². The van der Waals surface area contributed by atoms with Crippen LogP contribution in [0.4, 0.5) is 0 Å². The molecule has 2 rings (SSSR count). The molecule has 0 amide bonds. The third-order valence-corrected chi connectivity index (χ3v) is 13.1. The molecule has 32 heavy (non-hydrogen) atoms. The van der Waals surface area contributed by atoms with E-state index in [0.717, 1.165) is 12.0 Å². The zero-order chi connectivity index (χ0) is 23.9. The topological polar surface area (TPSA) is 61.8 Å². The zero-order valence-electron chi connectivity index (χ0n) is 21.0. The summed E-state index contributed by atoms with van der Waals surface area (Å²) in [4.78, 5) is 24.8. The lowest BCUT2D eigenvalue weighted by Crippen LogP contribution is -2.48. The summed E-state index contributed by atoms with van der Waals surface area (Å²) in [5, 5.41) is 0. The minimum absolute atomic E-state index is 0.106. The third-order valence-electron chi connectivity index (χ3n) is 7.01. The summed E-state index contributed by atoms with van der Waals surface area (Å²) in [6, 6.07) is 9.57. The first-order valence-corrected chi connectivity index (χ1v) is 14.2. The molecule has 0 aromatic heterocycles. The average Bonchev–Trinajstić information content (AvgIpc) is 2.99. The second-order valence-corrected chi connectivity index (χ2v) is 15.9. The highest BCUT2D eigenvalue weighted by molar-refractivity contribution is 6.77. The van der Waals surface area contributed by atoms with Crippen molar-refractivity contribution >= 4 is 20.3 Å². The van der Waals surface area contributed by atoms with Gasteiger partial charge in [0.2, 0.25) is 0 Å². The standard InChI is InChI=1S/C26H42O5Si/c1-19(2)32(20(3)4,21(5)6)30-15-11-14-26(7)17-23(31-25(26)28)16-24(27)29-18-22-12-9-8-10-13-22/h8-10,12-13,19-21,23H,11,14-18H2,1-7H3. The highest BCUT2D eigenvalue weighted by Crippen LogP contribution is 2.43. The minimum Gasteiger partial charge on any atom is -0.461 e. The van der Waals surface area contributed by atoms with Crippen LogP contribution in [0.2, 0.25) is 16.6 Å². The van der Waals surface area contributed by atoms with Crippen molar-refractivity contribution in [3.8, 4) is 0 Å². The van der Waals surface area contributed by atoms with E-state index in [1.165, 1.54) is 0 Å². The smallest absolute Gasteiger partial charge is 0.312 e. The van der Waals surface area contributed by atoms with E-state index in [4.69, 9.17) is 13.9 Å². The number of rotatable bonds is 12. The number of benzene rings is 1. The van der Waals surface area contributed by atoms with E-state index < -0.39 is 19.8 Å². The summed E-state index contributed by atoms with van der Waals surface area (Å²) < 4.78 is 17.5. The molecule has 0 saturated carbocycles. The van der Waals surface area contributed by atoms with Gasteiger partial charge in [-0.05, 0) is 42.0 Å². The quantitative estimate of drug-likeness (QED) is 0.204. The predicted molar refractivity (Wildman–Crippen MR) is 130 cm³/mol. The molecule has 1 heterocycles. The van der Waals surface area contributed by atoms with Crippen LogP contribution in [0.15, 0.2) is 30.3 Å². The molecule has 1 saturated heterocycles. The molecular weight excluding hydrogens is 420 g/mol. The lowest BCUT2D eigenvalue weighted by Gasteiger charge is -2.42. The molecule has 0 aliphatic carbocycles. The van der Waals surface area contributed by atoms with Crippen LogP contribution in [-0.4, -0.2) is 33.0 Å². The van der Waals surface area contributed by atoms with E-state index in [-0.39, 0.29) is 25.0 Å². The van der Waals surface area contributed by atoms with Crippen molar-refractivity contribution in [2.75, 3.05) is 6.61 Å². The molecule has 5 nitrogen and oxygen atoms in total. The van der Waals surface area contributed by atoms with E-state index in [1.54, 1.807) is 0 Å². The van der Waals surface area contributed by atoms with E-state index in [9.17, 15) is 9.59 Å². The summed E-state index contributed by atoms with van der Waals surface area (Å²) in [7, 11) is -1.90. The molecule has 1 fully saturated rings. The average molecular weight is 463 g/mol. The molecule has 2 atom stereocenters. The Hall–Kier alpha value is -1.66. The van der Waals surface area contributed by atoms with Gasteiger partial charge in [-0.1, -0.05) is 71.9 Å². The number of carbonyl (C=O) groups is 2. The maximum atomic E-state index is 12.6. The SMILES string of the molecule is CC(C)[Si](OCCCC1(C)CC(CC(=O)OCc2ccccc2)OC1=O)(C(C)C)C(C)C. The highest BCUT2D eigenvalue weighted by atomic mass is 28.4. The number of hydrogen-bond donors (Lipinski definition) is 0. The van der Waals surface area contributed by atoms with Crippen molar-refractivity contribution in [3.05, 3.63) is 35.9 Å². The molecule has 0 N–H and O–H groups in total. The molecule has 180 valence electrons. The Kier molecular flexibility index (Phi) is 9.52. The molecule has 0 spiro atoms. The van der Waals surface area contributed by atoms with E-state index in [0.29, 0.717) is 36.1 Å². The Balaban J connectivity index is 1.82. The Labute approximate surface area is 195 Å². The monoisotopic (exact) mass is 462 g/mol. The van der Waals surface area contributed by atoms with Crippen molar-refractivity contribution in [1.29, 1.82) is 0 Å². The Morgan fingerprint density at radius 2 is 1.69 bits per heavy atom. The second-order valence-electron chi connectivity index (χ2n) is 10.4. The summed E-state index contributed by atoms with van der Waals surface area (Å²) in [5.74, 6) is -0.542. The number of esters is 2. The van der Waals surface area contributed by atoms with Gasteiger partial charge in [-0.3, -0.25) is 9.59 Å². The lowest BCUT2D eigenvalue weighted by atomic mass is 9.82. The molecule has 2 unspecified atom stereocenters. The summed E-state index contributed by atoms with van der Waals surface area (Å²) in [5.41, 5.74) is 2.01. The maximum absolute atomic E-state index is 12.6. The number of hydrogen-bond acceptors (Lipinski definition) is 5. The van der Waals surface area contributed by atoms with Crippen molar-refractivity contribution < 1.29 is 23.5 Å². The van der Waals surface area contributed by atoms with E-state index >= 15 is 0 Å². The van der Waals surface area contributed by atoms with Crippen molar-refractivity contribution in [3.63, 3.8) is 0 Å². The van der Waals surface area contributed by atoms with Crippen molar-refractivity contribution in [2.24, 2.45) is 5.41 Å². The molecule has 1 aliphatic heterocycles. The fourth-order valence-electron chi connectivity index (χ4n) is 5.43. The van der Waals surface area contributed by atoms with Crippen LogP contribution in [0.1, 0.15) is 79.7 Å². The summed E-state index contributed by atoms with van der Waals surface area (Å²) >= 11 is 0. The predicted octanol–water partition coefficient (Wildman–Crippen LogP) is 6.41. The van der Waals surface area contributed by atoms with E-state index in [1.807, 2.05) is 37.3 Å². The van der Waals surface area contributed by atoms with Gasteiger partial charge >= 0.3 is 11.9 Å². The normalized spacial score (nSPS) is 21.4. The Morgan fingerprint density at radius 1 is 1.09 bits per heavy atom. The summed E-state index contributed by atoms with van der Waals surface area (Å²) in [6.45, 7) is 16.5. The van der Waals surface area contributed by atoms with Gasteiger partial charge < -0.3 is 13.9 Å². The number of ether oxygens (including phenoxy) is 2. The highest BCUT2D eigenvalue weighted by Gasteiger charge is 2.47. The Bertz CT molecular complexity index is 724. The van der Waals surface area contributed by atoms with E-state index in [2.05, 4.69) is 41.5 Å². The fourth-order valence-corrected chi connectivity index (χ4v) is 10.9. The maximum Gasteiger partial charge on any atom is 0.312 e. The van der Waals surface area contributed by atoms with Gasteiger partial charge in [0, 0.05) is 13.0 Å². The van der Waals surface area contributed by atoms with Gasteiger partial charge in [0.05, 0.1) is 11.8 Å². The molecule has 1 aliphatic rings. The second kappa shape index (κ2) is 11.5.